The molecule has 4 rings (SSSR count). The minimum atomic E-state index is -0.718. The van der Waals surface area contributed by atoms with Crippen molar-refractivity contribution in [3.05, 3.63) is 70.3 Å². The van der Waals surface area contributed by atoms with Gasteiger partial charge in [-0.2, -0.15) is 0 Å². The van der Waals surface area contributed by atoms with Crippen molar-refractivity contribution in [2.75, 3.05) is 6.54 Å². The zero-order chi connectivity index (χ0) is 18.3. The Morgan fingerprint density at radius 2 is 1.92 bits per heavy atom. The lowest BCUT2D eigenvalue weighted by Crippen LogP contribution is -2.44. The van der Waals surface area contributed by atoms with Gasteiger partial charge in [0.25, 0.3) is 5.91 Å². The van der Waals surface area contributed by atoms with E-state index in [0.717, 1.165) is 18.4 Å². The number of amides is 1. The Labute approximate surface area is 153 Å². The monoisotopic (exact) mass is 349 g/mol. The molecule has 2 aromatic rings. The van der Waals surface area contributed by atoms with E-state index >= 15 is 0 Å². The van der Waals surface area contributed by atoms with Crippen LogP contribution in [0.2, 0.25) is 0 Å². The number of carbonyl (C=O) groups is 2. The third-order valence-corrected chi connectivity index (χ3v) is 5.62. The Morgan fingerprint density at radius 1 is 1.12 bits per heavy atom. The van der Waals surface area contributed by atoms with Crippen LogP contribution in [0.4, 0.5) is 0 Å². The van der Waals surface area contributed by atoms with Crippen LogP contribution in [-0.4, -0.2) is 29.4 Å². The Kier molecular flexibility index (Phi) is 4.27. The molecule has 26 heavy (non-hydrogen) atoms. The van der Waals surface area contributed by atoms with Gasteiger partial charge in [-0.15, -0.1) is 0 Å². The maximum absolute atomic E-state index is 13.1. The zero-order valence-electron chi connectivity index (χ0n) is 15.2. The average Bonchev–Trinajstić information content (AvgIpc) is 3.13. The molecule has 4 heteroatoms. The number of likely N-dealkylation sites (tertiary alicyclic amines) is 1. The van der Waals surface area contributed by atoms with E-state index in [1.807, 2.05) is 23.1 Å². The summed E-state index contributed by atoms with van der Waals surface area (Å²) in [6, 6.07) is 13.8. The lowest BCUT2D eigenvalue weighted by atomic mass is 9.96. The summed E-state index contributed by atoms with van der Waals surface area (Å²) in [5.74, 6) is -0.472. The van der Waals surface area contributed by atoms with Crippen LogP contribution in [0.5, 0.6) is 0 Å². The predicted molar refractivity (Wildman–Crippen MR) is 99.0 cm³/mol. The second kappa shape index (κ2) is 6.60. The number of benzene rings is 2. The highest BCUT2D eigenvalue weighted by Gasteiger charge is 2.38. The number of fused-ring (bicyclic) bond motifs is 1. The smallest absolute Gasteiger partial charge is 0.339 e. The molecular weight excluding hydrogens is 326 g/mol. The molecule has 134 valence electrons. The van der Waals surface area contributed by atoms with Crippen molar-refractivity contribution in [1.82, 2.24) is 4.90 Å². The molecule has 0 aliphatic carbocycles. The highest BCUT2D eigenvalue weighted by Crippen LogP contribution is 2.34. The van der Waals surface area contributed by atoms with Gasteiger partial charge in [0.1, 0.15) is 0 Å². The van der Waals surface area contributed by atoms with Crippen LogP contribution in [-0.2, 0) is 16.0 Å². The number of nitrogens with zero attached hydrogens (tertiary/aromatic N) is 1. The third kappa shape index (κ3) is 2.90. The number of rotatable bonds is 2. The van der Waals surface area contributed by atoms with Gasteiger partial charge in [-0.3, -0.25) is 4.79 Å². The summed E-state index contributed by atoms with van der Waals surface area (Å²) in [6.07, 6.45) is 1.66. The fourth-order valence-corrected chi connectivity index (χ4v) is 4.00. The van der Waals surface area contributed by atoms with Gasteiger partial charge in [0.05, 0.1) is 11.6 Å². The average molecular weight is 349 g/mol. The third-order valence-electron chi connectivity index (χ3n) is 5.62. The molecule has 1 saturated heterocycles. The SMILES string of the molecule is Cc1ccc([C@@H]2CCCN2C(=O)[C@@H]2Cc3ccccc3C(=O)O2)cc1C. The summed E-state index contributed by atoms with van der Waals surface area (Å²) in [6.45, 7) is 4.90. The van der Waals surface area contributed by atoms with Gasteiger partial charge in [0.2, 0.25) is 0 Å². The van der Waals surface area contributed by atoms with E-state index in [2.05, 4.69) is 32.0 Å². The minimum Gasteiger partial charge on any atom is -0.448 e. The lowest BCUT2D eigenvalue weighted by molar-refractivity contribution is -0.142. The maximum Gasteiger partial charge on any atom is 0.339 e. The minimum absolute atomic E-state index is 0.0673. The number of cyclic esters (lactones) is 1. The first-order valence-electron chi connectivity index (χ1n) is 9.21. The van der Waals surface area contributed by atoms with Crippen LogP contribution < -0.4 is 0 Å². The number of ether oxygens (including phenoxy) is 1. The van der Waals surface area contributed by atoms with Gasteiger partial charge < -0.3 is 9.64 Å². The molecule has 0 saturated carbocycles. The Hall–Kier alpha value is -2.62. The topological polar surface area (TPSA) is 46.6 Å². The van der Waals surface area contributed by atoms with Gasteiger partial charge in [-0.25, -0.2) is 4.79 Å². The molecule has 0 radical (unpaired) electrons. The van der Waals surface area contributed by atoms with Crippen molar-refractivity contribution >= 4 is 11.9 Å². The molecule has 2 atom stereocenters. The standard InChI is InChI=1S/C22H23NO3/c1-14-9-10-17(12-15(14)2)19-8-5-11-23(19)21(24)20-13-16-6-3-4-7-18(16)22(25)26-20/h3-4,6-7,9-10,12,19-20H,5,8,11,13H2,1-2H3/t19-,20-/m0/s1. The molecule has 2 heterocycles. The Bertz CT molecular complexity index is 873. The normalized spacial score (nSPS) is 22.1. The lowest BCUT2D eigenvalue weighted by Gasteiger charge is -2.31. The first-order chi connectivity index (χ1) is 12.5. The fraction of sp³-hybridized carbons (Fsp3) is 0.364. The quantitative estimate of drug-likeness (QED) is 0.776. The second-order valence-electron chi connectivity index (χ2n) is 7.29. The molecule has 1 fully saturated rings. The van der Waals surface area contributed by atoms with Crippen LogP contribution in [0.25, 0.3) is 0 Å². The predicted octanol–water partition coefficient (Wildman–Crippen LogP) is 3.75. The summed E-state index contributed by atoms with van der Waals surface area (Å²) < 4.78 is 5.48. The van der Waals surface area contributed by atoms with Crippen LogP contribution in [0.3, 0.4) is 0 Å². The van der Waals surface area contributed by atoms with Gasteiger partial charge in [-0.05, 0) is 55.0 Å². The van der Waals surface area contributed by atoms with Crippen molar-refractivity contribution in [3.8, 4) is 0 Å². The van der Waals surface area contributed by atoms with Crippen molar-refractivity contribution in [1.29, 1.82) is 0 Å². The van der Waals surface area contributed by atoms with Crippen molar-refractivity contribution < 1.29 is 14.3 Å². The summed E-state index contributed by atoms with van der Waals surface area (Å²) in [4.78, 5) is 27.3. The molecule has 0 unspecified atom stereocenters. The Morgan fingerprint density at radius 3 is 2.73 bits per heavy atom. The maximum atomic E-state index is 13.1. The van der Waals surface area contributed by atoms with E-state index < -0.39 is 12.1 Å². The van der Waals surface area contributed by atoms with E-state index in [9.17, 15) is 9.59 Å². The van der Waals surface area contributed by atoms with E-state index in [0.29, 0.717) is 18.5 Å². The molecule has 2 aromatic carbocycles. The molecule has 0 spiro atoms. The van der Waals surface area contributed by atoms with E-state index in [1.54, 1.807) is 6.07 Å². The van der Waals surface area contributed by atoms with Gasteiger partial charge in [-0.1, -0.05) is 36.4 Å². The van der Waals surface area contributed by atoms with Crippen LogP contribution >= 0.6 is 0 Å². The number of hydrogen-bond donors (Lipinski definition) is 0. The van der Waals surface area contributed by atoms with Crippen molar-refractivity contribution in [2.24, 2.45) is 0 Å². The number of carbonyl (C=O) groups excluding carboxylic acids is 2. The highest BCUT2D eigenvalue weighted by molar-refractivity contribution is 5.96. The molecule has 2 aliphatic heterocycles. The van der Waals surface area contributed by atoms with Gasteiger partial charge in [0.15, 0.2) is 6.10 Å². The van der Waals surface area contributed by atoms with Gasteiger partial charge in [0, 0.05) is 13.0 Å². The second-order valence-corrected chi connectivity index (χ2v) is 7.29. The van der Waals surface area contributed by atoms with Gasteiger partial charge >= 0.3 is 5.97 Å². The van der Waals surface area contributed by atoms with Crippen LogP contribution in [0, 0.1) is 13.8 Å². The number of hydrogen-bond acceptors (Lipinski definition) is 3. The van der Waals surface area contributed by atoms with E-state index in [1.165, 1.54) is 16.7 Å². The molecule has 0 aromatic heterocycles. The zero-order valence-corrected chi connectivity index (χ0v) is 15.2. The Balaban J connectivity index is 1.57. The first-order valence-corrected chi connectivity index (χ1v) is 9.21. The first kappa shape index (κ1) is 16.8. The highest BCUT2D eigenvalue weighted by atomic mass is 16.5. The molecular formula is C22H23NO3. The van der Waals surface area contributed by atoms with E-state index in [-0.39, 0.29) is 11.9 Å². The summed E-state index contributed by atoms with van der Waals surface area (Å²) in [7, 11) is 0. The van der Waals surface area contributed by atoms with E-state index in [4.69, 9.17) is 4.74 Å². The molecule has 0 N–H and O–H groups in total. The summed E-state index contributed by atoms with van der Waals surface area (Å²) in [5, 5.41) is 0. The summed E-state index contributed by atoms with van der Waals surface area (Å²) >= 11 is 0. The van der Waals surface area contributed by atoms with Crippen molar-refractivity contribution in [3.63, 3.8) is 0 Å². The molecule has 0 bridgehead atoms. The largest absolute Gasteiger partial charge is 0.448 e. The number of aryl methyl sites for hydroxylation is 2. The fourth-order valence-electron chi connectivity index (χ4n) is 4.00. The molecule has 2 aliphatic rings. The van der Waals surface area contributed by atoms with Crippen LogP contribution in [0.15, 0.2) is 42.5 Å². The molecule has 1 amide bonds. The van der Waals surface area contributed by atoms with Crippen LogP contribution in [0.1, 0.15) is 51.5 Å². The summed E-state index contributed by atoms with van der Waals surface area (Å²) in [5.41, 5.74) is 5.12. The van der Waals surface area contributed by atoms with Crippen molar-refractivity contribution in [2.45, 2.75) is 45.3 Å². The molecule has 4 nitrogen and oxygen atoms in total. The number of esters is 1.